The standard InChI is InChI=1S/C24H39N5O.HI/c1-25-23(27-19-24(13-7-8-14-24)22(30)28(2)3)26-17-21-12-16-29(18-21)15-11-20-9-5-4-6-10-20;/h4-6,9-10,21H,7-8,11-19H2,1-3H3,(H2,25,26,27);1H. The van der Waals surface area contributed by atoms with E-state index in [1.807, 2.05) is 21.1 Å². The second kappa shape index (κ2) is 12.6. The molecule has 174 valence electrons. The Morgan fingerprint density at radius 2 is 1.90 bits per heavy atom. The van der Waals surface area contributed by atoms with E-state index >= 15 is 0 Å². The summed E-state index contributed by atoms with van der Waals surface area (Å²) in [7, 11) is 5.53. The summed E-state index contributed by atoms with van der Waals surface area (Å²) in [5.41, 5.74) is 1.14. The highest BCUT2D eigenvalue weighted by Gasteiger charge is 2.42. The first kappa shape index (κ1) is 25.9. The van der Waals surface area contributed by atoms with Gasteiger partial charge in [0.1, 0.15) is 0 Å². The van der Waals surface area contributed by atoms with Crippen LogP contribution in [0.25, 0.3) is 0 Å². The van der Waals surface area contributed by atoms with Crippen LogP contribution in [0.4, 0.5) is 0 Å². The van der Waals surface area contributed by atoms with Crippen LogP contribution < -0.4 is 10.6 Å². The van der Waals surface area contributed by atoms with Crippen LogP contribution in [0.1, 0.15) is 37.7 Å². The van der Waals surface area contributed by atoms with E-state index in [-0.39, 0.29) is 35.3 Å². The van der Waals surface area contributed by atoms with Gasteiger partial charge in [0, 0.05) is 47.3 Å². The zero-order chi connectivity index (χ0) is 21.4. The third kappa shape index (κ3) is 7.34. The number of hydrogen-bond donors (Lipinski definition) is 2. The molecule has 1 aliphatic heterocycles. The molecule has 7 heteroatoms. The zero-order valence-corrected chi connectivity index (χ0v) is 21.7. The second-order valence-electron chi connectivity index (χ2n) is 9.18. The molecule has 0 aromatic heterocycles. The Balaban J connectivity index is 0.00000341. The summed E-state index contributed by atoms with van der Waals surface area (Å²) in [6, 6.07) is 10.7. The molecule has 1 aromatic carbocycles. The van der Waals surface area contributed by atoms with Gasteiger partial charge in [-0.15, -0.1) is 24.0 Å². The average Bonchev–Trinajstić information content (AvgIpc) is 3.43. The predicted molar refractivity (Wildman–Crippen MR) is 139 cm³/mol. The molecule has 1 unspecified atom stereocenters. The van der Waals surface area contributed by atoms with Crippen molar-refractivity contribution in [2.75, 3.05) is 53.9 Å². The first-order valence-electron chi connectivity index (χ1n) is 11.4. The van der Waals surface area contributed by atoms with Crippen molar-refractivity contribution >= 4 is 35.8 Å². The maximum Gasteiger partial charge on any atom is 0.230 e. The molecular formula is C24H40IN5O. The number of guanidine groups is 1. The van der Waals surface area contributed by atoms with Gasteiger partial charge in [-0.3, -0.25) is 9.79 Å². The Morgan fingerprint density at radius 3 is 2.55 bits per heavy atom. The number of carbonyl (C=O) groups excluding carboxylic acids is 1. The molecule has 0 spiro atoms. The fraction of sp³-hybridized carbons (Fsp3) is 0.667. The normalized spacial score (nSPS) is 20.9. The summed E-state index contributed by atoms with van der Waals surface area (Å²) in [5, 5.41) is 6.95. The summed E-state index contributed by atoms with van der Waals surface area (Å²) >= 11 is 0. The molecule has 1 saturated carbocycles. The molecule has 2 fully saturated rings. The molecule has 6 nitrogen and oxygen atoms in total. The summed E-state index contributed by atoms with van der Waals surface area (Å²) in [6.45, 7) is 5.03. The minimum atomic E-state index is -0.275. The molecule has 0 radical (unpaired) electrons. The minimum Gasteiger partial charge on any atom is -0.356 e. The Kier molecular flexibility index (Phi) is 10.6. The Labute approximate surface area is 205 Å². The van der Waals surface area contributed by atoms with E-state index in [1.54, 1.807) is 4.90 Å². The second-order valence-corrected chi connectivity index (χ2v) is 9.18. The molecule has 31 heavy (non-hydrogen) atoms. The Bertz CT molecular complexity index is 703. The number of likely N-dealkylation sites (tertiary alicyclic amines) is 1. The number of nitrogens with one attached hydrogen (secondary N) is 2. The van der Waals surface area contributed by atoms with Gasteiger partial charge in [-0.2, -0.15) is 0 Å². The number of amides is 1. The Hall–Kier alpha value is -1.35. The van der Waals surface area contributed by atoms with Crippen LogP contribution in [-0.4, -0.2) is 75.5 Å². The first-order valence-corrected chi connectivity index (χ1v) is 11.4. The van der Waals surface area contributed by atoms with E-state index in [4.69, 9.17) is 0 Å². The lowest BCUT2D eigenvalue weighted by molar-refractivity contribution is -0.138. The SMILES string of the molecule is CN=C(NCC1CCN(CCc2ccccc2)C1)NCC1(C(=O)N(C)C)CCCC1.I. The summed E-state index contributed by atoms with van der Waals surface area (Å²) in [4.78, 5) is 21.5. The topological polar surface area (TPSA) is 60.0 Å². The van der Waals surface area contributed by atoms with E-state index < -0.39 is 0 Å². The van der Waals surface area contributed by atoms with Crippen molar-refractivity contribution in [2.24, 2.45) is 16.3 Å². The molecule has 0 bridgehead atoms. The van der Waals surface area contributed by atoms with E-state index in [2.05, 4.69) is 50.9 Å². The van der Waals surface area contributed by atoms with E-state index in [9.17, 15) is 4.79 Å². The summed E-state index contributed by atoms with van der Waals surface area (Å²) in [5.74, 6) is 1.70. The largest absolute Gasteiger partial charge is 0.356 e. The van der Waals surface area contributed by atoms with E-state index in [0.29, 0.717) is 12.5 Å². The lowest BCUT2D eigenvalue weighted by atomic mass is 9.84. The fourth-order valence-corrected chi connectivity index (χ4v) is 4.92. The van der Waals surface area contributed by atoms with Crippen molar-refractivity contribution in [2.45, 2.75) is 38.5 Å². The first-order chi connectivity index (χ1) is 14.5. The van der Waals surface area contributed by atoms with Crippen molar-refractivity contribution in [1.29, 1.82) is 0 Å². The van der Waals surface area contributed by atoms with Crippen molar-refractivity contribution in [1.82, 2.24) is 20.4 Å². The highest BCUT2D eigenvalue weighted by atomic mass is 127. The smallest absolute Gasteiger partial charge is 0.230 e. The highest BCUT2D eigenvalue weighted by molar-refractivity contribution is 14.0. The molecular weight excluding hydrogens is 501 g/mol. The van der Waals surface area contributed by atoms with Crippen molar-refractivity contribution in [3.63, 3.8) is 0 Å². The van der Waals surface area contributed by atoms with Crippen LogP contribution in [0.15, 0.2) is 35.3 Å². The maximum absolute atomic E-state index is 12.8. The average molecular weight is 542 g/mol. The Morgan fingerprint density at radius 1 is 1.19 bits per heavy atom. The number of nitrogens with zero attached hydrogens (tertiary/aromatic N) is 3. The van der Waals surface area contributed by atoms with Gasteiger partial charge in [0.05, 0.1) is 5.41 Å². The molecule has 1 saturated heterocycles. The molecule has 3 rings (SSSR count). The molecule has 1 heterocycles. The minimum absolute atomic E-state index is 0. The lowest BCUT2D eigenvalue weighted by Crippen LogP contribution is -2.49. The number of rotatable bonds is 8. The van der Waals surface area contributed by atoms with Gasteiger partial charge >= 0.3 is 0 Å². The van der Waals surface area contributed by atoms with Crippen LogP contribution in [0.3, 0.4) is 0 Å². The van der Waals surface area contributed by atoms with Gasteiger partial charge in [-0.25, -0.2) is 0 Å². The van der Waals surface area contributed by atoms with Crippen LogP contribution in [0.5, 0.6) is 0 Å². The van der Waals surface area contributed by atoms with Crippen LogP contribution >= 0.6 is 24.0 Å². The van der Waals surface area contributed by atoms with Crippen molar-refractivity contribution in [3.05, 3.63) is 35.9 Å². The fourth-order valence-electron chi connectivity index (χ4n) is 4.92. The van der Waals surface area contributed by atoms with Crippen LogP contribution in [0, 0.1) is 11.3 Å². The molecule has 2 aliphatic rings. The van der Waals surface area contributed by atoms with Gasteiger partial charge < -0.3 is 20.4 Å². The van der Waals surface area contributed by atoms with Gasteiger partial charge in [-0.05, 0) is 43.7 Å². The third-order valence-electron chi connectivity index (χ3n) is 6.73. The number of hydrogen-bond acceptors (Lipinski definition) is 3. The van der Waals surface area contributed by atoms with Crippen molar-refractivity contribution < 1.29 is 4.79 Å². The molecule has 1 aromatic rings. The lowest BCUT2D eigenvalue weighted by Gasteiger charge is -2.31. The van der Waals surface area contributed by atoms with Gasteiger partial charge in [0.15, 0.2) is 5.96 Å². The third-order valence-corrected chi connectivity index (χ3v) is 6.73. The quantitative estimate of drug-likeness (QED) is 0.302. The van der Waals surface area contributed by atoms with Crippen molar-refractivity contribution in [3.8, 4) is 0 Å². The summed E-state index contributed by atoms with van der Waals surface area (Å²) < 4.78 is 0. The van der Waals surface area contributed by atoms with Gasteiger partial charge in [0.25, 0.3) is 0 Å². The van der Waals surface area contributed by atoms with Gasteiger partial charge in [0.2, 0.25) is 5.91 Å². The van der Waals surface area contributed by atoms with Crippen LogP contribution in [0.2, 0.25) is 0 Å². The van der Waals surface area contributed by atoms with Gasteiger partial charge in [-0.1, -0.05) is 43.2 Å². The molecule has 1 amide bonds. The number of carbonyl (C=O) groups is 1. The predicted octanol–water partition coefficient (Wildman–Crippen LogP) is 2.98. The number of aliphatic imine (C=N–C) groups is 1. The maximum atomic E-state index is 12.8. The molecule has 1 atom stereocenters. The summed E-state index contributed by atoms with van der Waals surface area (Å²) in [6.07, 6.45) is 6.54. The van der Waals surface area contributed by atoms with Crippen LogP contribution in [-0.2, 0) is 11.2 Å². The van der Waals surface area contributed by atoms with E-state index in [1.165, 1.54) is 18.5 Å². The monoisotopic (exact) mass is 541 g/mol. The molecule has 2 N–H and O–H groups in total. The number of benzene rings is 1. The zero-order valence-electron chi connectivity index (χ0n) is 19.4. The number of halogens is 1. The highest BCUT2D eigenvalue weighted by Crippen LogP contribution is 2.38. The molecule has 1 aliphatic carbocycles. The van der Waals surface area contributed by atoms with E-state index in [0.717, 1.165) is 57.7 Å².